The van der Waals surface area contributed by atoms with Crippen molar-refractivity contribution in [1.82, 2.24) is 24.7 Å². The zero-order chi connectivity index (χ0) is 21.0. The Hall–Kier alpha value is -3.05. The van der Waals surface area contributed by atoms with E-state index in [1.807, 2.05) is 19.9 Å². The Kier molecular flexibility index (Phi) is 6.09. The van der Waals surface area contributed by atoms with Crippen LogP contribution in [0.25, 0.3) is 5.82 Å². The highest BCUT2D eigenvalue weighted by molar-refractivity contribution is 7.89. The predicted octanol–water partition coefficient (Wildman–Crippen LogP) is 1.82. The molecule has 0 radical (unpaired) electrons. The van der Waals surface area contributed by atoms with E-state index in [0.717, 1.165) is 23.5 Å². The molecule has 2 heterocycles. The standard InChI is InChI=1S/C18H21FN6O3S/c1-12-10-13(2)25(24-12)18-7-6-17(22-23-18)20-8-9-21-29(26,27)16-11-14(19)4-5-15(16)28-3/h4-7,10-11,21H,8-9H2,1-3H3,(H,20,22). The highest BCUT2D eigenvalue weighted by atomic mass is 32.2. The van der Waals surface area contributed by atoms with E-state index >= 15 is 0 Å². The Morgan fingerprint density at radius 2 is 1.90 bits per heavy atom. The predicted molar refractivity (Wildman–Crippen MR) is 105 cm³/mol. The quantitative estimate of drug-likeness (QED) is 0.535. The molecular weight excluding hydrogens is 399 g/mol. The van der Waals surface area contributed by atoms with Gasteiger partial charge in [-0.15, -0.1) is 10.2 Å². The number of sulfonamides is 1. The lowest BCUT2D eigenvalue weighted by Gasteiger charge is -2.11. The maximum absolute atomic E-state index is 13.4. The van der Waals surface area contributed by atoms with Crippen molar-refractivity contribution >= 4 is 15.8 Å². The van der Waals surface area contributed by atoms with Gasteiger partial charge in [-0.25, -0.2) is 22.2 Å². The minimum atomic E-state index is -3.93. The van der Waals surface area contributed by atoms with E-state index in [4.69, 9.17) is 4.74 Å². The molecule has 0 amide bonds. The first-order valence-corrected chi connectivity index (χ1v) is 10.2. The third-order valence-corrected chi connectivity index (χ3v) is 5.50. The van der Waals surface area contributed by atoms with Crippen LogP contribution >= 0.6 is 0 Å². The van der Waals surface area contributed by atoms with E-state index in [1.54, 1.807) is 16.8 Å². The van der Waals surface area contributed by atoms with E-state index in [0.29, 0.717) is 11.6 Å². The molecule has 0 aliphatic rings. The molecule has 9 nitrogen and oxygen atoms in total. The molecule has 0 spiro atoms. The second-order valence-electron chi connectivity index (χ2n) is 6.24. The number of ether oxygens (including phenoxy) is 1. The third kappa shape index (κ3) is 4.87. The summed E-state index contributed by atoms with van der Waals surface area (Å²) in [6.07, 6.45) is 0. The van der Waals surface area contributed by atoms with Gasteiger partial charge in [-0.1, -0.05) is 0 Å². The maximum atomic E-state index is 13.4. The molecule has 0 aliphatic heterocycles. The van der Waals surface area contributed by atoms with Crippen molar-refractivity contribution in [3.8, 4) is 11.6 Å². The van der Waals surface area contributed by atoms with Crippen molar-refractivity contribution in [3.63, 3.8) is 0 Å². The molecule has 3 aromatic rings. The van der Waals surface area contributed by atoms with E-state index in [1.165, 1.54) is 13.2 Å². The van der Waals surface area contributed by atoms with Crippen LogP contribution < -0.4 is 14.8 Å². The highest BCUT2D eigenvalue weighted by Gasteiger charge is 2.19. The molecule has 0 atom stereocenters. The molecule has 11 heteroatoms. The SMILES string of the molecule is COc1ccc(F)cc1S(=O)(=O)NCCNc1ccc(-n2nc(C)cc2C)nn1. The Labute approximate surface area is 168 Å². The third-order valence-electron chi connectivity index (χ3n) is 4.02. The summed E-state index contributed by atoms with van der Waals surface area (Å²) < 4.78 is 47.3. The minimum absolute atomic E-state index is 0.0584. The molecule has 29 heavy (non-hydrogen) atoms. The summed E-state index contributed by atoms with van der Waals surface area (Å²) in [5.41, 5.74) is 1.83. The second-order valence-corrected chi connectivity index (χ2v) is 7.97. The molecule has 2 N–H and O–H groups in total. The van der Waals surface area contributed by atoms with Crippen molar-refractivity contribution in [3.05, 3.63) is 53.6 Å². The van der Waals surface area contributed by atoms with Gasteiger partial charge in [-0.2, -0.15) is 5.10 Å². The molecule has 0 bridgehead atoms. The fraction of sp³-hybridized carbons (Fsp3) is 0.278. The number of nitrogens with zero attached hydrogens (tertiary/aromatic N) is 4. The first-order chi connectivity index (χ1) is 13.8. The Morgan fingerprint density at radius 3 is 2.52 bits per heavy atom. The summed E-state index contributed by atoms with van der Waals surface area (Å²) >= 11 is 0. The molecule has 154 valence electrons. The van der Waals surface area contributed by atoms with Crippen LogP contribution in [0.1, 0.15) is 11.4 Å². The van der Waals surface area contributed by atoms with Crippen molar-refractivity contribution in [1.29, 1.82) is 0 Å². The number of anilines is 1. The maximum Gasteiger partial charge on any atom is 0.244 e. The first-order valence-electron chi connectivity index (χ1n) is 8.74. The Bertz CT molecular complexity index is 1100. The number of aryl methyl sites for hydroxylation is 2. The summed E-state index contributed by atoms with van der Waals surface area (Å²) in [4.78, 5) is -0.256. The fourth-order valence-electron chi connectivity index (χ4n) is 2.71. The number of hydrogen-bond donors (Lipinski definition) is 2. The van der Waals surface area contributed by atoms with Gasteiger partial charge in [0, 0.05) is 18.8 Å². The van der Waals surface area contributed by atoms with Crippen molar-refractivity contribution in [2.24, 2.45) is 0 Å². The molecule has 1 aromatic carbocycles. The Balaban J connectivity index is 1.58. The topological polar surface area (TPSA) is 111 Å². The second kappa shape index (κ2) is 8.53. The number of benzene rings is 1. The van der Waals surface area contributed by atoms with Crippen LogP contribution in [0, 0.1) is 19.7 Å². The number of aromatic nitrogens is 4. The molecule has 0 fully saturated rings. The molecular formula is C18H21FN6O3S. The van der Waals surface area contributed by atoms with Crippen LogP contribution in [-0.4, -0.2) is 48.6 Å². The average molecular weight is 420 g/mol. The lowest BCUT2D eigenvalue weighted by atomic mass is 10.3. The van der Waals surface area contributed by atoms with Crippen LogP contribution in [-0.2, 0) is 10.0 Å². The zero-order valence-electron chi connectivity index (χ0n) is 16.2. The van der Waals surface area contributed by atoms with Gasteiger partial charge in [-0.05, 0) is 50.2 Å². The van der Waals surface area contributed by atoms with Gasteiger partial charge < -0.3 is 10.1 Å². The fourth-order valence-corrected chi connectivity index (χ4v) is 3.92. The molecule has 2 aromatic heterocycles. The van der Waals surface area contributed by atoms with Crippen molar-refractivity contribution in [2.45, 2.75) is 18.7 Å². The summed E-state index contributed by atoms with van der Waals surface area (Å²) in [7, 11) is -2.61. The van der Waals surface area contributed by atoms with Crippen LogP contribution in [0.2, 0.25) is 0 Å². The normalized spacial score (nSPS) is 11.4. The van der Waals surface area contributed by atoms with Gasteiger partial charge in [0.15, 0.2) is 5.82 Å². The number of methoxy groups -OCH3 is 1. The first kappa shape index (κ1) is 20.7. The molecule has 3 rings (SSSR count). The lowest BCUT2D eigenvalue weighted by molar-refractivity contribution is 0.400. The molecule has 0 saturated heterocycles. The number of rotatable bonds is 8. The summed E-state index contributed by atoms with van der Waals surface area (Å²) in [6, 6.07) is 8.74. The number of nitrogens with one attached hydrogen (secondary N) is 2. The number of halogens is 1. The largest absolute Gasteiger partial charge is 0.495 e. The van der Waals surface area contributed by atoms with Gasteiger partial charge in [-0.3, -0.25) is 0 Å². The number of hydrogen-bond acceptors (Lipinski definition) is 7. The van der Waals surface area contributed by atoms with Crippen LogP contribution in [0.15, 0.2) is 41.3 Å². The monoisotopic (exact) mass is 420 g/mol. The molecule has 0 saturated carbocycles. The minimum Gasteiger partial charge on any atom is -0.495 e. The van der Waals surface area contributed by atoms with Crippen LogP contribution in [0.5, 0.6) is 5.75 Å². The zero-order valence-corrected chi connectivity index (χ0v) is 17.0. The average Bonchev–Trinajstić information content (AvgIpc) is 3.04. The van der Waals surface area contributed by atoms with Gasteiger partial charge in [0.05, 0.1) is 12.8 Å². The summed E-state index contributed by atoms with van der Waals surface area (Å²) in [5, 5.41) is 15.5. The van der Waals surface area contributed by atoms with E-state index < -0.39 is 15.8 Å². The Morgan fingerprint density at radius 1 is 1.10 bits per heavy atom. The van der Waals surface area contributed by atoms with Crippen LogP contribution in [0.4, 0.5) is 10.2 Å². The van der Waals surface area contributed by atoms with E-state index in [9.17, 15) is 12.8 Å². The smallest absolute Gasteiger partial charge is 0.244 e. The summed E-state index contributed by atoms with van der Waals surface area (Å²) in [6.45, 7) is 4.13. The van der Waals surface area contributed by atoms with Crippen molar-refractivity contribution in [2.75, 3.05) is 25.5 Å². The molecule has 0 aliphatic carbocycles. The van der Waals surface area contributed by atoms with Gasteiger partial charge >= 0.3 is 0 Å². The van der Waals surface area contributed by atoms with Crippen molar-refractivity contribution < 1.29 is 17.5 Å². The summed E-state index contributed by atoms with van der Waals surface area (Å²) in [5.74, 6) is 0.470. The lowest BCUT2D eigenvalue weighted by Crippen LogP contribution is -2.29. The van der Waals surface area contributed by atoms with E-state index in [-0.39, 0.29) is 23.7 Å². The van der Waals surface area contributed by atoms with Gasteiger partial charge in [0.2, 0.25) is 10.0 Å². The highest BCUT2D eigenvalue weighted by Crippen LogP contribution is 2.24. The van der Waals surface area contributed by atoms with Gasteiger partial charge in [0.25, 0.3) is 0 Å². The molecule has 0 unspecified atom stereocenters. The van der Waals surface area contributed by atoms with Gasteiger partial charge in [0.1, 0.15) is 22.3 Å². The van der Waals surface area contributed by atoms with E-state index in [2.05, 4.69) is 25.3 Å². The van der Waals surface area contributed by atoms with Crippen LogP contribution in [0.3, 0.4) is 0 Å².